The van der Waals surface area contributed by atoms with E-state index in [1.54, 1.807) is 66.7 Å². The number of carbonyl (C=O) groups is 2. The molecule has 42 heavy (non-hydrogen) atoms. The fourth-order valence-electron chi connectivity index (χ4n) is 4.59. The van der Waals surface area contributed by atoms with Gasteiger partial charge in [0.2, 0.25) is 11.8 Å². The Bertz CT molecular complexity index is 1580. The third kappa shape index (κ3) is 7.61. The van der Waals surface area contributed by atoms with E-state index < -0.39 is 40.2 Å². The van der Waals surface area contributed by atoms with Gasteiger partial charge in [-0.15, -0.1) is 0 Å². The van der Waals surface area contributed by atoms with Crippen LogP contribution < -0.4 is 9.62 Å². The Morgan fingerprint density at radius 2 is 1.33 bits per heavy atom. The van der Waals surface area contributed by atoms with Gasteiger partial charge in [0.15, 0.2) is 0 Å². The quantitative estimate of drug-likeness (QED) is 0.247. The first-order valence-electron chi connectivity index (χ1n) is 13.7. The zero-order chi connectivity index (χ0) is 30.1. The fraction of sp³-hybridized carbons (Fsp3) is 0.212. The number of amides is 2. The Kier molecular flexibility index (Phi) is 10.1. The molecular formula is C33H34FN3O4S. The van der Waals surface area contributed by atoms with Crippen molar-refractivity contribution in [3.8, 4) is 0 Å². The number of carbonyl (C=O) groups excluding carboxylic acids is 2. The molecule has 0 bridgehead atoms. The average Bonchev–Trinajstić information content (AvgIpc) is 2.99. The Labute approximate surface area is 246 Å². The van der Waals surface area contributed by atoms with Gasteiger partial charge in [-0.05, 0) is 49.7 Å². The molecule has 1 atom stereocenters. The molecule has 4 rings (SSSR count). The maximum absolute atomic E-state index is 14.9. The molecule has 7 nitrogen and oxygen atoms in total. The molecule has 4 aromatic carbocycles. The summed E-state index contributed by atoms with van der Waals surface area (Å²) in [5.41, 5.74) is 1.29. The normalized spacial score (nSPS) is 12.0. The lowest BCUT2D eigenvalue weighted by Gasteiger charge is -2.34. The molecule has 0 saturated carbocycles. The second-order valence-electron chi connectivity index (χ2n) is 10.1. The van der Waals surface area contributed by atoms with Crippen LogP contribution in [-0.2, 0) is 32.6 Å². The number of anilines is 1. The van der Waals surface area contributed by atoms with Gasteiger partial charge in [-0.2, -0.15) is 0 Å². The minimum atomic E-state index is -4.18. The molecule has 0 aromatic heterocycles. The molecule has 0 unspecified atom stereocenters. The van der Waals surface area contributed by atoms with Crippen molar-refractivity contribution >= 4 is 27.5 Å². The molecule has 2 amide bonds. The fourth-order valence-corrected chi connectivity index (χ4v) is 6.02. The van der Waals surface area contributed by atoms with E-state index in [1.807, 2.05) is 44.2 Å². The van der Waals surface area contributed by atoms with Crippen molar-refractivity contribution in [3.05, 3.63) is 132 Å². The summed E-state index contributed by atoms with van der Waals surface area (Å²) in [6.45, 7) is 2.78. The van der Waals surface area contributed by atoms with Crippen molar-refractivity contribution in [2.45, 2.75) is 43.8 Å². The first-order chi connectivity index (χ1) is 20.2. The molecule has 9 heteroatoms. The molecular weight excluding hydrogens is 553 g/mol. The predicted octanol–water partition coefficient (Wildman–Crippen LogP) is 5.19. The molecule has 1 N–H and O–H groups in total. The highest BCUT2D eigenvalue weighted by atomic mass is 32.2. The first-order valence-corrected chi connectivity index (χ1v) is 15.1. The van der Waals surface area contributed by atoms with Crippen LogP contribution in [0.5, 0.6) is 0 Å². The van der Waals surface area contributed by atoms with Gasteiger partial charge in [-0.25, -0.2) is 12.8 Å². The van der Waals surface area contributed by atoms with Gasteiger partial charge >= 0.3 is 0 Å². The van der Waals surface area contributed by atoms with Crippen LogP contribution in [0.1, 0.15) is 25.0 Å². The second-order valence-corrected chi connectivity index (χ2v) is 12.0. The monoisotopic (exact) mass is 587 g/mol. The van der Waals surface area contributed by atoms with Gasteiger partial charge < -0.3 is 10.2 Å². The van der Waals surface area contributed by atoms with Crippen LogP contribution >= 0.6 is 0 Å². The van der Waals surface area contributed by atoms with Gasteiger partial charge in [0.1, 0.15) is 18.4 Å². The molecule has 0 radical (unpaired) electrons. The number of hydrogen-bond donors (Lipinski definition) is 1. The van der Waals surface area contributed by atoms with Crippen molar-refractivity contribution in [2.24, 2.45) is 0 Å². The smallest absolute Gasteiger partial charge is 0.264 e. The van der Waals surface area contributed by atoms with Crippen molar-refractivity contribution in [3.63, 3.8) is 0 Å². The van der Waals surface area contributed by atoms with Crippen LogP contribution in [0.25, 0.3) is 0 Å². The zero-order valence-corrected chi connectivity index (χ0v) is 24.4. The summed E-state index contributed by atoms with van der Waals surface area (Å²) in [7, 11) is -4.18. The van der Waals surface area contributed by atoms with Crippen molar-refractivity contribution in [1.82, 2.24) is 10.2 Å². The van der Waals surface area contributed by atoms with E-state index in [-0.39, 0.29) is 35.2 Å². The summed E-state index contributed by atoms with van der Waals surface area (Å²) < 4.78 is 43.7. The van der Waals surface area contributed by atoms with Crippen LogP contribution in [0.2, 0.25) is 0 Å². The lowest BCUT2D eigenvalue weighted by Crippen LogP contribution is -2.54. The van der Waals surface area contributed by atoms with Crippen LogP contribution in [0.4, 0.5) is 10.1 Å². The van der Waals surface area contributed by atoms with E-state index in [9.17, 15) is 22.4 Å². The highest BCUT2D eigenvalue weighted by Crippen LogP contribution is 2.25. The third-order valence-electron chi connectivity index (χ3n) is 6.65. The number of benzene rings is 4. The average molecular weight is 588 g/mol. The Morgan fingerprint density at radius 1 is 0.786 bits per heavy atom. The molecule has 0 saturated heterocycles. The number of nitrogens with zero attached hydrogens (tertiary/aromatic N) is 2. The lowest BCUT2D eigenvalue weighted by atomic mass is 10.0. The van der Waals surface area contributed by atoms with Crippen molar-refractivity contribution < 1.29 is 22.4 Å². The van der Waals surface area contributed by atoms with Crippen molar-refractivity contribution in [2.75, 3.05) is 10.8 Å². The van der Waals surface area contributed by atoms with E-state index in [1.165, 1.54) is 23.1 Å². The third-order valence-corrected chi connectivity index (χ3v) is 8.44. The summed E-state index contributed by atoms with van der Waals surface area (Å²) in [5.74, 6) is -1.60. The minimum absolute atomic E-state index is 0.0145. The van der Waals surface area contributed by atoms with E-state index >= 15 is 0 Å². The van der Waals surface area contributed by atoms with Gasteiger partial charge in [0.25, 0.3) is 10.0 Å². The molecule has 0 heterocycles. The Balaban J connectivity index is 1.79. The SMILES string of the molecule is CC(C)NC(=O)[C@H](Cc1ccccc1)N(Cc1ccccc1F)C(=O)CN(c1ccccc1)S(=O)(=O)c1ccccc1. The molecule has 0 aliphatic rings. The minimum Gasteiger partial charge on any atom is -0.352 e. The van der Waals surface area contributed by atoms with E-state index in [0.29, 0.717) is 0 Å². The summed E-state index contributed by atoms with van der Waals surface area (Å²) in [6, 6.07) is 30.1. The highest BCUT2D eigenvalue weighted by Gasteiger charge is 2.35. The lowest BCUT2D eigenvalue weighted by molar-refractivity contribution is -0.140. The summed E-state index contributed by atoms with van der Waals surface area (Å²) in [5, 5.41) is 2.88. The number of sulfonamides is 1. The topological polar surface area (TPSA) is 86.8 Å². The van der Waals surface area contributed by atoms with Gasteiger partial charge in [-0.3, -0.25) is 13.9 Å². The Hall–Kier alpha value is -4.50. The Morgan fingerprint density at radius 3 is 1.93 bits per heavy atom. The van der Waals surface area contributed by atoms with E-state index in [0.717, 1.165) is 9.87 Å². The number of para-hydroxylation sites is 1. The largest absolute Gasteiger partial charge is 0.352 e. The number of halogens is 1. The second kappa shape index (κ2) is 13.9. The molecule has 0 fully saturated rings. The van der Waals surface area contributed by atoms with Gasteiger partial charge in [-0.1, -0.05) is 84.9 Å². The highest BCUT2D eigenvalue weighted by molar-refractivity contribution is 7.92. The van der Waals surface area contributed by atoms with Crippen LogP contribution in [0.15, 0.2) is 120 Å². The molecule has 218 valence electrons. The van der Waals surface area contributed by atoms with Gasteiger partial charge in [0.05, 0.1) is 10.6 Å². The standard InChI is InChI=1S/C33H34FN3O4S/c1-25(2)35-33(39)31(22-26-14-6-3-7-15-26)36(23-27-16-12-13-21-30(27)34)32(38)24-37(28-17-8-4-9-18-28)42(40,41)29-19-10-5-11-20-29/h3-21,25,31H,22-24H2,1-2H3,(H,35,39)/t31-/m0/s1. The van der Waals surface area contributed by atoms with Crippen LogP contribution in [0.3, 0.4) is 0 Å². The summed E-state index contributed by atoms with van der Waals surface area (Å²) >= 11 is 0. The maximum Gasteiger partial charge on any atom is 0.264 e. The number of nitrogens with one attached hydrogen (secondary N) is 1. The molecule has 0 aliphatic heterocycles. The number of rotatable bonds is 12. The summed E-state index contributed by atoms with van der Waals surface area (Å²) in [6.07, 6.45) is 0.149. The summed E-state index contributed by atoms with van der Waals surface area (Å²) in [4.78, 5) is 29.2. The molecule has 0 spiro atoms. The first kappa shape index (κ1) is 30.5. The van der Waals surface area contributed by atoms with E-state index in [4.69, 9.17) is 0 Å². The molecule has 4 aromatic rings. The van der Waals surface area contributed by atoms with Crippen LogP contribution in [-0.4, -0.2) is 43.8 Å². The number of hydrogen-bond acceptors (Lipinski definition) is 4. The van der Waals surface area contributed by atoms with Crippen molar-refractivity contribution in [1.29, 1.82) is 0 Å². The molecule has 0 aliphatic carbocycles. The maximum atomic E-state index is 14.9. The zero-order valence-electron chi connectivity index (χ0n) is 23.6. The van der Waals surface area contributed by atoms with Gasteiger partial charge in [0, 0.05) is 24.6 Å². The van der Waals surface area contributed by atoms with E-state index in [2.05, 4.69) is 5.32 Å². The van der Waals surface area contributed by atoms with Crippen LogP contribution in [0, 0.1) is 5.82 Å². The predicted molar refractivity (Wildman–Crippen MR) is 162 cm³/mol.